The molecule has 0 spiro atoms. The summed E-state index contributed by atoms with van der Waals surface area (Å²) in [6.07, 6.45) is -10.5. The van der Waals surface area contributed by atoms with Crippen molar-refractivity contribution in [3.63, 3.8) is 0 Å². The monoisotopic (exact) mass is 1810 g/mol. The highest BCUT2D eigenvalue weighted by Crippen LogP contribution is 2.29. The van der Waals surface area contributed by atoms with Gasteiger partial charge in [0.15, 0.2) is 25.2 Å². The molecule has 0 radical (unpaired) electrons. The summed E-state index contributed by atoms with van der Waals surface area (Å²) in [5, 5.41) is 168. The van der Waals surface area contributed by atoms with Crippen LogP contribution in [0, 0.1) is 5.92 Å². The molecule has 4 aromatic heterocycles. The summed E-state index contributed by atoms with van der Waals surface area (Å²) in [6.45, 7) is 9.76. The number of hydrogen-bond donors (Lipinski definition) is 16. The zero-order valence-electron chi connectivity index (χ0n) is 71.6. The number of aliphatic carboxylic acids is 1. The zero-order valence-corrected chi connectivity index (χ0v) is 71.6. The molecule has 4 fully saturated rings. The van der Waals surface area contributed by atoms with Crippen molar-refractivity contribution in [2.24, 2.45) is 5.92 Å². The Labute approximate surface area is 726 Å². The van der Waals surface area contributed by atoms with Gasteiger partial charge in [0.1, 0.15) is 85.2 Å². The Bertz CT molecular complexity index is 3510. The first-order valence-corrected chi connectivity index (χ1v) is 42.0. The van der Waals surface area contributed by atoms with Crippen molar-refractivity contribution >= 4 is 29.6 Å². The van der Waals surface area contributed by atoms with Gasteiger partial charge in [-0.05, 0) is 19.4 Å². The van der Waals surface area contributed by atoms with Gasteiger partial charge >= 0.3 is 5.97 Å². The number of rotatable bonds is 63. The van der Waals surface area contributed by atoms with E-state index in [9.17, 15) is 85.3 Å². The maximum absolute atomic E-state index is 13.6. The normalized spacial score (nSPS) is 26.7. The first-order valence-electron chi connectivity index (χ1n) is 42.0. The van der Waals surface area contributed by atoms with Crippen molar-refractivity contribution in [3.8, 4) is 0 Å². The van der Waals surface area contributed by atoms with Crippen LogP contribution in [-0.2, 0) is 152 Å². The maximum atomic E-state index is 13.6. The molecule has 716 valence electrons. The number of unbranched alkanes of at least 4 members (excludes halogenated alkanes) is 1. The molecular formula is C75H128N18O33. The van der Waals surface area contributed by atoms with Gasteiger partial charge in [0.25, 0.3) is 0 Å². The minimum atomic E-state index is -1.47. The van der Waals surface area contributed by atoms with E-state index in [2.05, 4.69) is 67.4 Å². The number of nitrogens with one attached hydrogen (secondary N) is 4. The summed E-state index contributed by atoms with van der Waals surface area (Å²) in [6, 6.07) is -5.03. The molecule has 4 saturated heterocycles. The number of amides is 4. The van der Waals surface area contributed by atoms with Gasteiger partial charge in [-0.15, -0.1) is 20.4 Å². The number of carboxylic acids is 1. The van der Waals surface area contributed by atoms with Gasteiger partial charge in [0.2, 0.25) is 23.6 Å². The Kier molecular flexibility index (Phi) is 46.6. The number of hydrogen-bond acceptors (Lipinski definition) is 42. The molecule has 16 N–H and O–H groups in total. The Morgan fingerprint density at radius 3 is 0.921 bits per heavy atom. The number of carbonyl (C=O) groups excluding carboxylic acids is 4. The predicted octanol–water partition coefficient (Wildman–Crippen LogP) is -9.37. The predicted molar refractivity (Wildman–Crippen MR) is 424 cm³/mol. The summed E-state index contributed by atoms with van der Waals surface area (Å²) in [5.74, 6) is -3.35. The molecule has 4 aliphatic rings. The fraction of sp³-hybridized carbons (Fsp3) is 0.827. The van der Waals surface area contributed by atoms with E-state index in [0.717, 1.165) is 0 Å². The first kappa shape index (κ1) is 104. The molecule has 0 aliphatic carbocycles. The SMILES string of the molecule is CC(=O)NC1C(OCCOCCOCCn2cc(CN(CCCC[C@@H](C(=O)O)N(Cc3cn(CCOCCOCCOC4OC(CO)C(O)C(O)C4NC(C)=O)nn3)Cc3cn(CCOCCOCCOC4OC(CO)C(O)C(O)C4NC(C)=O)nn3)Cc3cn(CCOCCOCCOC4OC(CO)C(O)C(O)C4NC(C)=O)nn3)nn2)OC(CO)C(O)C1C. The molecule has 20 unspecified atom stereocenters. The van der Waals surface area contributed by atoms with Gasteiger partial charge in [0.05, 0.1) is 220 Å². The second-order valence-electron chi connectivity index (χ2n) is 30.3. The molecule has 4 amide bonds. The Morgan fingerprint density at radius 1 is 0.373 bits per heavy atom. The van der Waals surface area contributed by atoms with Gasteiger partial charge < -0.3 is 158 Å². The summed E-state index contributed by atoms with van der Waals surface area (Å²) in [4.78, 5) is 64.8. The third kappa shape index (κ3) is 34.9. The van der Waals surface area contributed by atoms with Crippen molar-refractivity contribution in [2.45, 2.75) is 229 Å². The standard InChI is InChI=1S/C75H128N18O33/c1-46-60(76-47(2)98)72(123-56(42-94)64(46)102)119-30-26-115-22-18-111-14-10-90-38-51(80-84-90)34-88(35-52-39-91(85-81-52)11-15-112-19-23-116-27-31-120-73-61(77-48(3)99)68(106)65(103)57(43-95)124-73)9-7-6-8-55(71(109)110)89(36-53-40-92(86-82-53)12-16-113-20-24-117-28-32-121-74-62(78-49(4)100)69(107)66(104)58(44-96)125-74)37-54-41-93(87-83-54)13-17-114-21-25-118-29-33-122-75-63(79-50(5)101)70(108)67(105)59(45-97)126-75/h38-41,46,55-70,72-75,94-97,102-108H,6-37,42-45H2,1-5H3,(H,76,98)(H,77,99)(H,78,100)(H,79,101)(H,109,110)/t46?,55-,56?,57?,58?,59?,60?,61?,62?,63?,64?,65?,66?,67?,68?,69?,70?,72?,73?,74?,75?/m0/s1. The number of aliphatic hydroxyl groups excluding tert-OH is 11. The molecule has 126 heavy (non-hydrogen) atoms. The summed E-state index contributed by atoms with van der Waals surface area (Å²) in [5.41, 5.74) is 2.13. The number of carboxylic acid groups (broad SMARTS) is 1. The molecule has 0 saturated carbocycles. The van der Waals surface area contributed by atoms with Gasteiger partial charge in [-0.3, -0.25) is 33.8 Å². The van der Waals surface area contributed by atoms with E-state index < -0.39 is 179 Å². The fourth-order valence-corrected chi connectivity index (χ4v) is 14.1. The lowest BCUT2D eigenvalue weighted by Crippen LogP contribution is -2.64. The Morgan fingerprint density at radius 2 is 0.635 bits per heavy atom. The number of aromatic nitrogens is 12. The van der Waals surface area contributed by atoms with Crippen molar-refractivity contribution in [1.82, 2.24) is 91.0 Å². The average Bonchev–Trinajstić information content (AvgIpc) is 1.01. The van der Waals surface area contributed by atoms with Gasteiger partial charge in [-0.2, -0.15) is 0 Å². The molecule has 0 bridgehead atoms. The third-order valence-corrected chi connectivity index (χ3v) is 20.5. The van der Waals surface area contributed by atoms with Crippen molar-refractivity contribution in [2.75, 3.05) is 165 Å². The molecule has 0 aromatic carbocycles. The molecule has 8 heterocycles. The molecule has 4 aromatic rings. The van der Waals surface area contributed by atoms with Crippen LogP contribution in [0.2, 0.25) is 0 Å². The van der Waals surface area contributed by atoms with Crippen LogP contribution in [0.25, 0.3) is 0 Å². The molecule has 8 rings (SSSR count). The lowest BCUT2D eigenvalue weighted by molar-refractivity contribution is -0.272. The highest BCUT2D eigenvalue weighted by molar-refractivity contribution is 5.75. The van der Waals surface area contributed by atoms with Crippen LogP contribution >= 0.6 is 0 Å². The first-order chi connectivity index (χ1) is 60.8. The van der Waals surface area contributed by atoms with E-state index in [0.29, 0.717) is 68.3 Å². The van der Waals surface area contributed by atoms with Crippen LogP contribution in [-0.4, -0.2) is 448 Å². The number of ether oxygens (including phenoxy) is 16. The Balaban J connectivity index is 0.846. The quantitative estimate of drug-likeness (QED) is 0.0183. The van der Waals surface area contributed by atoms with Crippen LogP contribution in [0.4, 0.5) is 0 Å². The molecule has 21 atom stereocenters. The van der Waals surface area contributed by atoms with Crippen LogP contribution < -0.4 is 21.3 Å². The average molecular weight is 1810 g/mol. The van der Waals surface area contributed by atoms with Gasteiger partial charge in [-0.25, -0.2) is 18.7 Å². The number of carbonyl (C=O) groups is 5. The topological polar surface area (TPSA) is 653 Å². The highest BCUT2D eigenvalue weighted by atomic mass is 16.7. The zero-order chi connectivity index (χ0) is 90.9. The van der Waals surface area contributed by atoms with Crippen LogP contribution in [0.3, 0.4) is 0 Å². The smallest absolute Gasteiger partial charge is 0.320 e. The second-order valence-corrected chi connectivity index (χ2v) is 30.3. The maximum Gasteiger partial charge on any atom is 0.320 e. The Hall–Kier alpha value is -7.25. The van der Waals surface area contributed by atoms with E-state index >= 15 is 0 Å². The van der Waals surface area contributed by atoms with Crippen molar-refractivity contribution in [3.05, 3.63) is 47.6 Å². The molecule has 4 aliphatic heterocycles. The summed E-state index contributed by atoms with van der Waals surface area (Å²) < 4.78 is 97.9. The lowest BCUT2D eigenvalue weighted by atomic mass is 9.89. The van der Waals surface area contributed by atoms with E-state index in [1.54, 1.807) is 55.3 Å². The van der Waals surface area contributed by atoms with Crippen LogP contribution in [0.5, 0.6) is 0 Å². The van der Waals surface area contributed by atoms with E-state index in [4.69, 9.17) is 75.8 Å². The second kappa shape index (κ2) is 56.4. The third-order valence-electron chi connectivity index (χ3n) is 20.5. The molecule has 51 nitrogen and oxygen atoms in total. The minimum absolute atomic E-state index is 0.0111. The number of nitrogens with zero attached hydrogens (tertiary/aromatic N) is 14. The summed E-state index contributed by atoms with van der Waals surface area (Å²) >= 11 is 0. The van der Waals surface area contributed by atoms with E-state index in [1.807, 2.05) is 0 Å². The highest BCUT2D eigenvalue weighted by Gasteiger charge is 2.49. The fourth-order valence-electron chi connectivity index (χ4n) is 14.1. The van der Waals surface area contributed by atoms with E-state index in [1.165, 1.54) is 27.7 Å². The number of aliphatic hydroxyl groups is 11. The minimum Gasteiger partial charge on any atom is -0.480 e. The molecule has 51 heteroatoms. The summed E-state index contributed by atoms with van der Waals surface area (Å²) in [7, 11) is 0. The van der Waals surface area contributed by atoms with Gasteiger partial charge in [0, 0.05) is 84.6 Å². The van der Waals surface area contributed by atoms with Crippen LogP contribution in [0.1, 0.15) is 76.7 Å². The van der Waals surface area contributed by atoms with Crippen molar-refractivity contribution in [1.29, 1.82) is 0 Å². The largest absolute Gasteiger partial charge is 0.480 e. The van der Waals surface area contributed by atoms with Crippen LogP contribution in [0.15, 0.2) is 24.8 Å². The van der Waals surface area contributed by atoms with E-state index in [-0.39, 0.29) is 171 Å². The van der Waals surface area contributed by atoms with Gasteiger partial charge in [-0.1, -0.05) is 34.2 Å². The van der Waals surface area contributed by atoms with Crippen molar-refractivity contribution < 1.29 is 161 Å². The molecular weight excluding hydrogens is 1680 g/mol. The lowest BCUT2D eigenvalue weighted by Gasteiger charge is -2.43.